The van der Waals surface area contributed by atoms with E-state index in [0.717, 1.165) is 6.42 Å². The maximum Gasteiger partial charge on any atom is 0.222 e. The van der Waals surface area contributed by atoms with Crippen molar-refractivity contribution in [3.05, 3.63) is 34.9 Å². The summed E-state index contributed by atoms with van der Waals surface area (Å²) >= 11 is 0. The zero-order valence-electron chi connectivity index (χ0n) is 11.7. The molecule has 1 N–H and O–H groups in total. The van der Waals surface area contributed by atoms with Gasteiger partial charge < -0.3 is 10.1 Å². The summed E-state index contributed by atoms with van der Waals surface area (Å²) < 4.78 is 4.88. The highest BCUT2D eigenvalue weighted by Crippen LogP contribution is 2.10. The third-order valence-electron chi connectivity index (χ3n) is 2.76. The van der Waals surface area contributed by atoms with E-state index in [0.29, 0.717) is 13.0 Å². The number of ether oxygens (including phenoxy) is 1. The smallest absolute Gasteiger partial charge is 0.222 e. The number of benzene rings is 1. The van der Waals surface area contributed by atoms with Crippen LogP contribution in [0.2, 0.25) is 0 Å². The molecular weight excluding hydrogens is 226 g/mol. The summed E-state index contributed by atoms with van der Waals surface area (Å²) in [5.41, 5.74) is 3.80. The van der Waals surface area contributed by atoms with Crippen LogP contribution >= 0.6 is 0 Å². The summed E-state index contributed by atoms with van der Waals surface area (Å²) in [5.74, 6) is 0.0497. The molecule has 0 heterocycles. The summed E-state index contributed by atoms with van der Waals surface area (Å²) in [6.45, 7) is 6.70. The molecule has 0 saturated carbocycles. The second-order valence-corrected chi connectivity index (χ2v) is 4.91. The molecule has 0 aromatic heterocycles. The van der Waals surface area contributed by atoms with Crippen LogP contribution in [0.1, 0.15) is 30.0 Å². The Labute approximate surface area is 110 Å². The van der Waals surface area contributed by atoms with E-state index in [-0.39, 0.29) is 11.9 Å². The van der Waals surface area contributed by atoms with Crippen molar-refractivity contribution in [1.29, 1.82) is 0 Å². The minimum absolute atomic E-state index is 0.0497. The lowest BCUT2D eigenvalue weighted by atomic mass is 10.0. The molecule has 0 aliphatic rings. The zero-order valence-corrected chi connectivity index (χ0v) is 11.7. The van der Waals surface area contributed by atoms with Crippen molar-refractivity contribution in [2.75, 3.05) is 13.7 Å². The molecule has 0 fully saturated rings. The van der Waals surface area contributed by atoms with E-state index in [2.05, 4.69) is 37.4 Å². The summed E-state index contributed by atoms with van der Waals surface area (Å²) in [7, 11) is 1.60. The molecule has 1 aromatic rings. The van der Waals surface area contributed by atoms with Gasteiger partial charge in [-0.15, -0.1) is 0 Å². The van der Waals surface area contributed by atoms with Crippen molar-refractivity contribution in [3.63, 3.8) is 0 Å². The van der Waals surface area contributed by atoms with E-state index in [1.165, 1.54) is 16.7 Å². The van der Waals surface area contributed by atoms with E-state index in [1.807, 2.05) is 6.92 Å². The van der Waals surface area contributed by atoms with E-state index >= 15 is 0 Å². The van der Waals surface area contributed by atoms with Gasteiger partial charge in [0.2, 0.25) is 5.91 Å². The first-order chi connectivity index (χ1) is 8.51. The van der Waals surface area contributed by atoms with Crippen LogP contribution in [0.4, 0.5) is 0 Å². The largest absolute Gasteiger partial charge is 0.384 e. The fraction of sp³-hybridized carbons (Fsp3) is 0.533. The quantitative estimate of drug-likeness (QED) is 0.840. The molecule has 0 saturated heterocycles. The van der Waals surface area contributed by atoms with Gasteiger partial charge in [0.1, 0.15) is 0 Å². The van der Waals surface area contributed by atoms with Crippen molar-refractivity contribution < 1.29 is 9.53 Å². The van der Waals surface area contributed by atoms with Crippen LogP contribution in [0, 0.1) is 13.8 Å². The van der Waals surface area contributed by atoms with Gasteiger partial charge in [0, 0.05) is 19.6 Å². The fourth-order valence-electron chi connectivity index (χ4n) is 2.13. The third-order valence-corrected chi connectivity index (χ3v) is 2.76. The monoisotopic (exact) mass is 249 g/mol. The number of carbonyl (C=O) groups is 1. The summed E-state index contributed by atoms with van der Waals surface area (Å²) in [5, 5.41) is 2.98. The third kappa shape index (κ3) is 5.32. The van der Waals surface area contributed by atoms with Gasteiger partial charge in [0.25, 0.3) is 0 Å². The molecule has 3 heteroatoms. The molecule has 0 aliphatic heterocycles. The second kappa shape index (κ2) is 7.17. The predicted molar refractivity (Wildman–Crippen MR) is 73.7 cm³/mol. The lowest BCUT2D eigenvalue weighted by Gasteiger charge is -2.14. The topological polar surface area (TPSA) is 38.3 Å². The van der Waals surface area contributed by atoms with Gasteiger partial charge in [0.05, 0.1) is 6.61 Å². The molecule has 0 bridgehead atoms. The van der Waals surface area contributed by atoms with Gasteiger partial charge in [-0.25, -0.2) is 0 Å². The molecular formula is C15H23NO2. The molecule has 1 aromatic carbocycles. The van der Waals surface area contributed by atoms with Crippen LogP contribution in [0.25, 0.3) is 0 Å². The number of rotatable bonds is 6. The standard InChI is InChI=1S/C15H23NO2/c1-11-7-12(2)9-14(8-11)10-13(3)16-15(17)5-6-18-4/h7-9,13H,5-6,10H2,1-4H3,(H,16,17)/t13-/m1/s1. The van der Waals surface area contributed by atoms with E-state index in [4.69, 9.17) is 4.74 Å². The van der Waals surface area contributed by atoms with Crippen LogP contribution in [-0.2, 0) is 16.0 Å². The number of hydrogen-bond acceptors (Lipinski definition) is 2. The molecule has 0 aliphatic carbocycles. The fourth-order valence-corrected chi connectivity index (χ4v) is 2.13. The average molecular weight is 249 g/mol. The molecule has 1 atom stereocenters. The van der Waals surface area contributed by atoms with Gasteiger partial charge in [-0.2, -0.15) is 0 Å². The Bertz CT molecular complexity index is 381. The molecule has 1 rings (SSSR count). The van der Waals surface area contributed by atoms with Gasteiger partial charge in [-0.3, -0.25) is 4.79 Å². The number of carbonyl (C=O) groups excluding carboxylic acids is 1. The highest BCUT2D eigenvalue weighted by atomic mass is 16.5. The van der Waals surface area contributed by atoms with Crippen LogP contribution in [0.3, 0.4) is 0 Å². The number of methoxy groups -OCH3 is 1. The van der Waals surface area contributed by atoms with Gasteiger partial charge >= 0.3 is 0 Å². The lowest BCUT2D eigenvalue weighted by molar-refractivity contribution is -0.122. The summed E-state index contributed by atoms with van der Waals surface area (Å²) in [6.07, 6.45) is 1.29. The number of nitrogens with one attached hydrogen (secondary N) is 1. The van der Waals surface area contributed by atoms with E-state index in [9.17, 15) is 4.79 Å². The maximum absolute atomic E-state index is 11.5. The first-order valence-corrected chi connectivity index (χ1v) is 6.36. The highest BCUT2D eigenvalue weighted by Gasteiger charge is 2.08. The predicted octanol–water partition coefficient (Wildman–Crippen LogP) is 2.39. The van der Waals surface area contributed by atoms with Gasteiger partial charge in [0.15, 0.2) is 0 Å². The van der Waals surface area contributed by atoms with Gasteiger partial charge in [-0.1, -0.05) is 29.3 Å². The molecule has 1 amide bonds. The number of aryl methyl sites for hydroxylation is 2. The first kappa shape index (κ1) is 14.7. The molecule has 100 valence electrons. The van der Waals surface area contributed by atoms with Crippen molar-refractivity contribution in [3.8, 4) is 0 Å². The number of hydrogen-bond donors (Lipinski definition) is 1. The highest BCUT2D eigenvalue weighted by molar-refractivity contribution is 5.76. The van der Waals surface area contributed by atoms with Crippen molar-refractivity contribution >= 4 is 5.91 Å². The minimum Gasteiger partial charge on any atom is -0.384 e. The summed E-state index contributed by atoms with van der Waals surface area (Å²) in [4.78, 5) is 11.5. The average Bonchev–Trinajstić information content (AvgIpc) is 2.24. The van der Waals surface area contributed by atoms with Crippen molar-refractivity contribution in [1.82, 2.24) is 5.32 Å². The minimum atomic E-state index is 0.0497. The SMILES string of the molecule is COCCC(=O)N[C@H](C)Cc1cc(C)cc(C)c1. The van der Waals surface area contributed by atoms with Crippen LogP contribution < -0.4 is 5.32 Å². The molecule has 0 radical (unpaired) electrons. The normalized spacial score (nSPS) is 12.2. The second-order valence-electron chi connectivity index (χ2n) is 4.91. The molecule has 3 nitrogen and oxygen atoms in total. The molecule has 0 spiro atoms. The first-order valence-electron chi connectivity index (χ1n) is 6.36. The number of amides is 1. The Morgan fingerprint density at radius 1 is 1.28 bits per heavy atom. The Morgan fingerprint density at radius 2 is 1.89 bits per heavy atom. The Balaban J connectivity index is 2.48. The van der Waals surface area contributed by atoms with Crippen molar-refractivity contribution in [2.45, 2.75) is 39.7 Å². The van der Waals surface area contributed by atoms with Crippen LogP contribution in [0.5, 0.6) is 0 Å². The maximum atomic E-state index is 11.5. The van der Waals surface area contributed by atoms with Crippen LogP contribution in [0.15, 0.2) is 18.2 Å². The molecule has 18 heavy (non-hydrogen) atoms. The lowest BCUT2D eigenvalue weighted by Crippen LogP contribution is -2.34. The Kier molecular flexibility index (Phi) is 5.86. The van der Waals surface area contributed by atoms with Crippen molar-refractivity contribution in [2.24, 2.45) is 0 Å². The molecule has 0 unspecified atom stereocenters. The van der Waals surface area contributed by atoms with Gasteiger partial charge in [-0.05, 0) is 32.8 Å². The van der Waals surface area contributed by atoms with E-state index < -0.39 is 0 Å². The summed E-state index contributed by atoms with van der Waals surface area (Å²) in [6, 6.07) is 6.65. The van der Waals surface area contributed by atoms with Crippen LogP contribution in [-0.4, -0.2) is 25.7 Å². The van der Waals surface area contributed by atoms with E-state index in [1.54, 1.807) is 7.11 Å². The Hall–Kier alpha value is -1.35. The Morgan fingerprint density at radius 3 is 2.44 bits per heavy atom. The zero-order chi connectivity index (χ0) is 13.5.